The lowest BCUT2D eigenvalue weighted by atomic mass is 9.69. The van der Waals surface area contributed by atoms with Crippen molar-refractivity contribution >= 4 is 35.2 Å². The number of aromatic hydroxyl groups is 1. The fraction of sp³-hybridized carbons (Fsp3) is 0.370. The highest BCUT2D eigenvalue weighted by Gasteiger charge is 2.47. The van der Waals surface area contributed by atoms with Gasteiger partial charge in [-0.2, -0.15) is 0 Å². The van der Waals surface area contributed by atoms with Crippen LogP contribution in [0.4, 0.5) is 5.69 Å². The molecule has 5 amide bonds. The molecule has 11 nitrogen and oxygen atoms in total. The van der Waals surface area contributed by atoms with E-state index in [1.165, 1.54) is 27.9 Å². The third-order valence-corrected chi connectivity index (χ3v) is 13.6. The lowest BCUT2D eigenvalue weighted by Crippen LogP contribution is -2.61. The van der Waals surface area contributed by atoms with E-state index < -0.39 is 29.7 Å². The van der Waals surface area contributed by atoms with Gasteiger partial charge in [-0.1, -0.05) is 48.5 Å². The monoisotopic (exact) mass is 763 g/mol. The molecule has 3 atom stereocenters. The second-order valence-electron chi connectivity index (χ2n) is 17.0. The number of fused-ring (bicyclic) bond motifs is 3. The van der Waals surface area contributed by atoms with E-state index in [-0.39, 0.29) is 47.8 Å². The molecule has 3 unspecified atom stereocenters. The van der Waals surface area contributed by atoms with Crippen molar-refractivity contribution in [3.05, 3.63) is 129 Å². The van der Waals surface area contributed by atoms with E-state index in [1.807, 2.05) is 17.0 Å². The Morgan fingerprint density at radius 2 is 1.44 bits per heavy atom. The molecule has 2 N–H and O–H groups in total. The molecule has 10 rings (SSSR count). The Balaban J connectivity index is 0.739. The van der Waals surface area contributed by atoms with Crippen LogP contribution in [0.15, 0.2) is 84.9 Å². The SMILES string of the molecule is O=C1CCC(N2C(=O)c3cc4c(cc3C2=O)CN(CC(=O)N2CCC3(CC2)CN(c2ccc(C5c6ccc(O)cc6CCC5c5ccccc5)cc2)C3)C4)C(=O)N1. The summed E-state index contributed by atoms with van der Waals surface area (Å²) in [5.74, 6) is -1.04. The molecule has 0 saturated carbocycles. The molecule has 3 saturated heterocycles. The van der Waals surface area contributed by atoms with Crippen molar-refractivity contribution in [2.45, 2.75) is 69.5 Å². The Kier molecular flexibility index (Phi) is 8.55. The van der Waals surface area contributed by atoms with Crippen LogP contribution in [0.1, 0.15) is 98.0 Å². The molecule has 1 spiro atoms. The number of nitrogens with zero attached hydrogens (tertiary/aromatic N) is 4. The van der Waals surface area contributed by atoms with Crippen molar-refractivity contribution in [2.75, 3.05) is 37.6 Å². The number of piperidine rings is 2. The largest absolute Gasteiger partial charge is 0.508 e. The number of carbonyl (C=O) groups excluding carboxylic acids is 5. The maximum Gasteiger partial charge on any atom is 0.262 e. The quantitative estimate of drug-likeness (QED) is 0.260. The molecule has 3 fully saturated rings. The fourth-order valence-electron chi connectivity index (χ4n) is 10.5. The van der Waals surface area contributed by atoms with E-state index in [4.69, 9.17) is 0 Å². The zero-order valence-corrected chi connectivity index (χ0v) is 31.8. The van der Waals surface area contributed by atoms with E-state index >= 15 is 0 Å². The minimum absolute atomic E-state index is 0.0794. The van der Waals surface area contributed by atoms with Gasteiger partial charge in [-0.15, -0.1) is 0 Å². The first kappa shape index (κ1) is 35.6. The lowest BCUT2D eigenvalue weighted by molar-refractivity contribution is -0.137. The molecule has 1 aliphatic carbocycles. The summed E-state index contributed by atoms with van der Waals surface area (Å²) in [4.78, 5) is 71.7. The van der Waals surface area contributed by atoms with Crippen molar-refractivity contribution in [1.29, 1.82) is 0 Å². The van der Waals surface area contributed by atoms with Gasteiger partial charge in [0, 0.05) is 62.7 Å². The zero-order valence-electron chi connectivity index (χ0n) is 31.8. The van der Waals surface area contributed by atoms with E-state index in [2.05, 4.69) is 75.8 Å². The molecule has 0 radical (unpaired) electrons. The minimum atomic E-state index is -0.991. The normalized spacial score (nSPS) is 23.9. The van der Waals surface area contributed by atoms with Crippen molar-refractivity contribution in [2.24, 2.45) is 5.41 Å². The van der Waals surface area contributed by atoms with E-state index in [0.717, 1.165) is 67.9 Å². The summed E-state index contributed by atoms with van der Waals surface area (Å²) in [7, 11) is 0. The smallest absolute Gasteiger partial charge is 0.262 e. The first-order valence-corrected chi connectivity index (χ1v) is 20.2. The number of benzene rings is 4. The molecule has 5 aliphatic heterocycles. The summed E-state index contributed by atoms with van der Waals surface area (Å²) in [6, 6.07) is 28.3. The van der Waals surface area contributed by atoms with Crippen LogP contribution in [0.2, 0.25) is 0 Å². The average molecular weight is 764 g/mol. The van der Waals surface area contributed by atoms with Gasteiger partial charge in [0.1, 0.15) is 11.8 Å². The third kappa shape index (κ3) is 6.19. The highest BCUT2D eigenvalue weighted by molar-refractivity contribution is 6.23. The molecule has 4 aromatic carbocycles. The lowest BCUT2D eigenvalue weighted by Gasteiger charge is -2.55. The average Bonchev–Trinajstić information content (AvgIpc) is 3.71. The second-order valence-corrected chi connectivity index (χ2v) is 17.0. The molecule has 4 aromatic rings. The predicted molar refractivity (Wildman–Crippen MR) is 212 cm³/mol. The van der Waals surface area contributed by atoms with Gasteiger partial charge < -0.3 is 14.9 Å². The molecule has 57 heavy (non-hydrogen) atoms. The number of hydrogen-bond acceptors (Lipinski definition) is 8. The van der Waals surface area contributed by atoms with Crippen LogP contribution in [-0.4, -0.2) is 88.1 Å². The number of hydrogen-bond donors (Lipinski definition) is 2. The Bertz CT molecular complexity index is 2280. The maximum atomic E-state index is 13.5. The van der Waals surface area contributed by atoms with Gasteiger partial charge in [0.05, 0.1) is 17.7 Å². The van der Waals surface area contributed by atoms with Crippen molar-refractivity contribution in [3.8, 4) is 5.75 Å². The number of amides is 5. The predicted octanol–water partition coefficient (Wildman–Crippen LogP) is 5.10. The van der Waals surface area contributed by atoms with Gasteiger partial charge in [-0.05, 0) is 108 Å². The number of likely N-dealkylation sites (tertiary alicyclic amines) is 1. The van der Waals surface area contributed by atoms with Crippen LogP contribution >= 0.6 is 0 Å². The first-order chi connectivity index (χ1) is 27.6. The number of rotatable bonds is 6. The molecule has 290 valence electrons. The first-order valence-electron chi connectivity index (χ1n) is 20.2. The highest BCUT2D eigenvalue weighted by atomic mass is 16.3. The summed E-state index contributed by atoms with van der Waals surface area (Å²) in [6.45, 7) is 4.71. The molecular formula is C46H45N5O6. The van der Waals surface area contributed by atoms with Crippen molar-refractivity contribution in [3.63, 3.8) is 0 Å². The van der Waals surface area contributed by atoms with Crippen LogP contribution in [-0.2, 0) is 33.9 Å². The van der Waals surface area contributed by atoms with E-state index in [0.29, 0.717) is 24.8 Å². The molecule has 6 aliphatic rings. The highest BCUT2D eigenvalue weighted by Crippen LogP contribution is 2.48. The Morgan fingerprint density at radius 3 is 2.11 bits per heavy atom. The number of phenolic OH excluding ortho intramolecular Hbond substituents is 1. The fourth-order valence-corrected chi connectivity index (χ4v) is 10.5. The number of phenols is 1. The van der Waals surface area contributed by atoms with Crippen LogP contribution < -0.4 is 10.2 Å². The van der Waals surface area contributed by atoms with Crippen molar-refractivity contribution in [1.82, 2.24) is 20.0 Å². The van der Waals surface area contributed by atoms with Gasteiger partial charge in [0.2, 0.25) is 17.7 Å². The standard InChI is InChI=1S/C46H45N5O6/c52-34-11-13-36-30(20-34)8-12-35(28-4-2-1-3-5-28)42(36)29-6-9-33(10-7-29)50-26-46(27-50)16-18-49(19-17-46)41(54)25-48-23-31-21-37-38(22-32(31)24-48)45(57)51(44(37)56)39-14-15-40(53)47-43(39)55/h1-7,9-11,13,20-22,35,39,42,52H,8,12,14-19,23-27H2,(H,47,53,55). The van der Waals surface area contributed by atoms with Gasteiger partial charge in [0.25, 0.3) is 11.8 Å². The van der Waals surface area contributed by atoms with Crippen molar-refractivity contribution < 1.29 is 29.1 Å². The molecule has 0 bridgehead atoms. The van der Waals surface area contributed by atoms with Crippen LogP contribution in [0.25, 0.3) is 0 Å². The van der Waals surface area contributed by atoms with Crippen LogP contribution in [0, 0.1) is 5.41 Å². The van der Waals surface area contributed by atoms with E-state index in [9.17, 15) is 29.1 Å². The molecule has 11 heteroatoms. The summed E-state index contributed by atoms with van der Waals surface area (Å²) < 4.78 is 0. The van der Waals surface area contributed by atoms with Gasteiger partial charge in [-0.25, -0.2) is 0 Å². The number of aryl methyl sites for hydroxylation is 1. The number of anilines is 1. The Morgan fingerprint density at radius 1 is 0.754 bits per heavy atom. The number of imide groups is 2. The summed E-state index contributed by atoms with van der Waals surface area (Å²) in [6.07, 6.45) is 4.13. The summed E-state index contributed by atoms with van der Waals surface area (Å²) >= 11 is 0. The Hall–Kier alpha value is -5.81. The van der Waals surface area contributed by atoms with Crippen LogP contribution in [0.5, 0.6) is 5.75 Å². The topological polar surface area (TPSA) is 131 Å². The molecular weight excluding hydrogens is 719 g/mol. The van der Waals surface area contributed by atoms with Gasteiger partial charge >= 0.3 is 0 Å². The third-order valence-electron chi connectivity index (χ3n) is 13.6. The minimum Gasteiger partial charge on any atom is -0.508 e. The summed E-state index contributed by atoms with van der Waals surface area (Å²) in [5, 5.41) is 12.5. The zero-order chi connectivity index (χ0) is 39.0. The van der Waals surface area contributed by atoms with Gasteiger partial charge in [-0.3, -0.25) is 39.1 Å². The molecule has 5 heterocycles. The van der Waals surface area contributed by atoms with Gasteiger partial charge in [0.15, 0.2) is 0 Å². The molecule has 0 aromatic heterocycles. The van der Waals surface area contributed by atoms with Crippen LogP contribution in [0.3, 0.4) is 0 Å². The number of carbonyl (C=O) groups is 5. The Labute approximate surface area is 331 Å². The summed E-state index contributed by atoms with van der Waals surface area (Å²) in [5.41, 5.74) is 8.99. The second kappa shape index (κ2) is 13.7. The number of nitrogens with one attached hydrogen (secondary N) is 1. The van der Waals surface area contributed by atoms with E-state index in [1.54, 1.807) is 12.1 Å². The maximum absolute atomic E-state index is 13.5.